The number of aromatic amines is 1. The minimum absolute atomic E-state index is 0.0115. The lowest BCUT2D eigenvalue weighted by molar-refractivity contribution is -0.128. The first-order valence-electron chi connectivity index (χ1n) is 10.9. The first kappa shape index (κ1) is 23.1. The lowest BCUT2D eigenvalue weighted by Gasteiger charge is -2.19. The predicted octanol–water partition coefficient (Wildman–Crippen LogP) is 3.74. The molecule has 1 unspecified atom stereocenters. The minimum Gasteiger partial charge on any atom is -0.350 e. The Kier molecular flexibility index (Phi) is 6.96. The van der Waals surface area contributed by atoms with Crippen LogP contribution in [0.2, 0.25) is 0 Å². The molecule has 34 heavy (non-hydrogen) atoms. The highest BCUT2D eigenvalue weighted by Gasteiger charge is 2.22. The summed E-state index contributed by atoms with van der Waals surface area (Å²) in [6, 6.07) is 13.7. The Hall–Kier alpha value is -4.07. The number of halogens is 2. The third kappa shape index (κ3) is 5.64. The van der Waals surface area contributed by atoms with Gasteiger partial charge in [0.25, 0.3) is 0 Å². The van der Waals surface area contributed by atoms with Gasteiger partial charge in [-0.05, 0) is 53.4 Å². The van der Waals surface area contributed by atoms with Gasteiger partial charge in [0, 0.05) is 30.7 Å². The molecule has 2 aromatic carbocycles. The van der Waals surface area contributed by atoms with Crippen molar-refractivity contribution < 1.29 is 18.4 Å². The van der Waals surface area contributed by atoms with Gasteiger partial charge in [0.15, 0.2) is 11.6 Å². The summed E-state index contributed by atoms with van der Waals surface area (Å²) < 4.78 is 27.1. The monoisotopic (exact) mass is 462 g/mol. The second-order valence-electron chi connectivity index (χ2n) is 8.15. The number of carbonyl (C=O) groups is 2. The van der Waals surface area contributed by atoms with E-state index in [0.717, 1.165) is 39.9 Å². The van der Waals surface area contributed by atoms with Gasteiger partial charge in [-0.25, -0.2) is 13.8 Å². The van der Waals surface area contributed by atoms with Gasteiger partial charge in [0.1, 0.15) is 11.7 Å². The number of benzene rings is 2. The maximum absolute atomic E-state index is 13.7. The highest BCUT2D eigenvalue weighted by molar-refractivity contribution is 5.88. The second-order valence-corrected chi connectivity index (χ2v) is 8.15. The van der Waals surface area contributed by atoms with E-state index in [9.17, 15) is 18.4 Å². The molecule has 0 aliphatic heterocycles. The molecule has 4 rings (SSSR count). The van der Waals surface area contributed by atoms with Gasteiger partial charge in [-0.3, -0.25) is 9.59 Å². The van der Waals surface area contributed by atoms with Crippen LogP contribution < -0.4 is 10.6 Å². The molecule has 0 spiro atoms. The molecule has 2 aromatic heterocycles. The number of amides is 2. The topological polar surface area (TPSA) is 86.9 Å². The van der Waals surface area contributed by atoms with Gasteiger partial charge in [-0.2, -0.15) is 0 Å². The standard InChI is InChI=1S/C26H24F2N4O2/c1-16-4-2-3-5-19(16)13-24(33)32-23(12-17-6-7-21(27)22(28)11-17)26(34)31-15-18-10-20-8-9-29-25(20)30-14-18/h2-11,14,23H,12-13,15H2,1H3,(H,29,30)(H,31,34)(H,32,33). The zero-order valence-electron chi connectivity index (χ0n) is 18.6. The number of aryl methyl sites for hydroxylation is 1. The third-order valence-corrected chi connectivity index (χ3v) is 5.61. The molecule has 174 valence electrons. The Bertz CT molecular complexity index is 1340. The number of nitrogens with one attached hydrogen (secondary N) is 3. The average Bonchev–Trinajstić information content (AvgIpc) is 3.29. The summed E-state index contributed by atoms with van der Waals surface area (Å²) in [6.45, 7) is 2.11. The van der Waals surface area contributed by atoms with Gasteiger partial charge in [-0.15, -0.1) is 0 Å². The van der Waals surface area contributed by atoms with E-state index >= 15 is 0 Å². The number of pyridine rings is 1. The van der Waals surface area contributed by atoms with Crippen LogP contribution in [0.25, 0.3) is 11.0 Å². The van der Waals surface area contributed by atoms with Crippen LogP contribution in [0.4, 0.5) is 8.78 Å². The maximum Gasteiger partial charge on any atom is 0.243 e. The van der Waals surface area contributed by atoms with E-state index in [-0.39, 0.29) is 25.3 Å². The molecule has 0 aliphatic carbocycles. The maximum atomic E-state index is 13.7. The number of aromatic nitrogens is 2. The van der Waals surface area contributed by atoms with Gasteiger partial charge in [0.05, 0.1) is 6.42 Å². The van der Waals surface area contributed by atoms with Crippen LogP contribution in [-0.4, -0.2) is 27.8 Å². The van der Waals surface area contributed by atoms with Crippen molar-refractivity contribution in [3.63, 3.8) is 0 Å². The largest absolute Gasteiger partial charge is 0.350 e. The average molecular weight is 463 g/mol. The fraction of sp³-hybridized carbons (Fsp3) is 0.192. The summed E-state index contributed by atoms with van der Waals surface area (Å²) in [4.78, 5) is 33.1. The number of H-pyrrole nitrogens is 1. The van der Waals surface area contributed by atoms with Crippen LogP contribution in [0.15, 0.2) is 67.0 Å². The Morgan fingerprint density at radius 3 is 2.65 bits per heavy atom. The highest BCUT2D eigenvalue weighted by atomic mass is 19.2. The molecule has 1 atom stereocenters. The van der Waals surface area contributed by atoms with Crippen molar-refractivity contribution in [3.05, 3.63) is 101 Å². The van der Waals surface area contributed by atoms with Crippen LogP contribution >= 0.6 is 0 Å². The number of nitrogens with zero attached hydrogens (tertiary/aromatic N) is 1. The highest BCUT2D eigenvalue weighted by Crippen LogP contribution is 2.13. The molecule has 2 heterocycles. The summed E-state index contributed by atoms with van der Waals surface area (Å²) in [7, 11) is 0. The zero-order valence-corrected chi connectivity index (χ0v) is 18.6. The Balaban J connectivity index is 1.47. The van der Waals surface area contributed by atoms with Crippen molar-refractivity contribution in [3.8, 4) is 0 Å². The molecule has 0 fully saturated rings. The van der Waals surface area contributed by atoms with Crippen LogP contribution in [0.1, 0.15) is 22.3 Å². The van der Waals surface area contributed by atoms with Crippen LogP contribution in [-0.2, 0) is 29.0 Å². The molecule has 4 aromatic rings. The van der Waals surface area contributed by atoms with Crippen molar-refractivity contribution in [2.24, 2.45) is 0 Å². The van der Waals surface area contributed by atoms with Crippen molar-refractivity contribution >= 4 is 22.8 Å². The van der Waals surface area contributed by atoms with Crippen LogP contribution in [0.3, 0.4) is 0 Å². The van der Waals surface area contributed by atoms with Crippen molar-refractivity contribution in [2.45, 2.75) is 32.4 Å². The SMILES string of the molecule is Cc1ccccc1CC(=O)NC(Cc1ccc(F)c(F)c1)C(=O)NCc1cnc2[nH]ccc2c1. The lowest BCUT2D eigenvalue weighted by Crippen LogP contribution is -2.48. The molecule has 0 radical (unpaired) electrons. The zero-order chi connectivity index (χ0) is 24.1. The Morgan fingerprint density at radius 1 is 1.03 bits per heavy atom. The molecule has 3 N–H and O–H groups in total. The molecule has 0 bridgehead atoms. The van der Waals surface area contributed by atoms with Gasteiger partial charge < -0.3 is 15.6 Å². The molecule has 0 aliphatic rings. The quantitative estimate of drug-likeness (QED) is 0.373. The van der Waals surface area contributed by atoms with Crippen LogP contribution in [0, 0.1) is 18.6 Å². The summed E-state index contributed by atoms with van der Waals surface area (Å²) in [5, 5.41) is 6.47. The molecule has 0 saturated heterocycles. The molecule has 6 nitrogen and oxygen atoms in total. The number of hydrogen-bond donors (Lipinski definition) is 3. The van der Waals surface area contributed by atoms with E-state index < -0.39 is 23.6 Å². The van der Waals surface area contributed by atoms with E-state index in [4.69, 9.17) is 0 Å². The van der Waals surface area contributed by atoms with Gasteiger partial charge in [0.2, 0.25) is 11.8 Å². The molecule has 0 saturated carbocycles. The molecular formula is C26H24F2N4O2. The normalized spacial score (nSPS) is 11.9. The third-order valence-electron chi connectivity index (χ3n) is 5.61. The summed E-state index contributed by atoms with van der Waals surface area (Å²) in [5.41, 5.74) is 3.74. The van der Waals surface area contributed by atoms with Crippen molar-refractivity contribution in [1.29, 1.82) is 0 Å². The van der Waals surface area contributed by atoms with Gasteiger partial charge >= 0.3 is 0 Å². The van der Waals surface area contributed by atoms with E-state index in [1.807, 2.05) is 43.3 Å². The number of rotatable bonds is 8. The smallest absolute Gasteiger partial charge is 0.243 e. The Labute approximate surface area is 195 Å². The summed E-state index contributed by atoms with van der Waals surface area (Å²) >= 11 is 0. The minimum atomic E-state index is -1.01. The van der Waals surface area contributed by atoms with Crippen LogP contribution in [0.5, 0.6) is 0 Å². The fourth-order valence-corrected chi connectivity index (χ4v) is 3.73. The molecule has 8 heteroatoms. The number of fused-ring (bicyclic) bond motifs is 1. The van der Waals surface area contributed by atoms with Crippen molar-refractivity contribution in [1.82, 2.24) is 20.6 Å². The van der Waals surface area contributed by atoms with E-state index in [0.29, 0.717) is 5.56 Å². The van der Waals surface area contributed by atoms with E-state index in [2.05, 4.69) is 20.6 Å². The van der Waals surface area contributed by atoms with Crippen molar-refractivity contribution in [2.75, 3.05) is 0 Å². The molecular weight excluding hydrogens is 438 g/mol. The lowest BCUT2D eigenvalue weighted by atomic mass is 10.0. The van der Waals surface area contributed by atoms with E-state index in [1.54, 1.807) is 12.4 Å². The second kappa shape index (κ2) is 10.2. The Morgan fingerprint density at radius 2 is 1.85 bits per heavy atom. The first-order valence-corrected chi connectivity index (χ1v) is 10.9. The number of hydrogen-bond acceptors (Lipinski definition) is 3. The molecule has 2 amide bonds. The fourth-order valence-electron chi connectivity index (χ4n) is 3.73. The summed E-state index contributed by atoms with van der Waals surface area (Å²) in [5.74, 6) is -2.75. The first-order chi connectivity index (χ1) is 16.4. The summed E-state index contributed by atoms with van der Waals surface area (Å²) in [6.07, 6.45) is 3.54. The predicted molar refractivity (Wildman–Crippen MR) is 125 cm³/mol. The van der Waals surface area contributed by atoms with Gasteiger partial charge in [-0.1, -0.05) is 30.3 Å². The number of carbonyl (C=O) groups excluding carboxylic acids is 2. The van der Waals surface area contributed by atoms with E-state index in [1.165, 1.54) is 6.07 Å².